The molecule has 0 fully saturated rings. The molecule has 0 saturated carbocycles. The summed E-state index contributed by atoms with van der Waals surface area (Å²) < 4.78 is 19.8. The molecule has 1 N–H and O–H groups in total. The molecule has 0 aliphatic heterocycles. The lowest BCUT2D eigenvalue weighted by Gasteiger charge is -2.10. The van der Waals surface area contributed by atoms with Crippen LogP contribution in [0.15, 0.2) is 52.2 Å². The number of amides is 1. The molecule has 0 aliphatic rings. The molecule has 27 heavy (non-hydrogen) atoms. The van der Waals surface area contributed by atoms with Gasteiger partial charge in [0.05, 0.1) is 24.9 Å². The Balaban J connectivity index is 1.58. The molecule has 7 heteroatoms. The second-order valence-electron chi connectivity index (χ2n) is 5.91. The van der Waals surface area contributed by atoms with Gasteiger partial charge < -0.3 is 10.1 Å². The third-order valence-electron chi connectivity index (χ3n) is 3.81. The van der Waals surface area contributed by atoms with Gasteiger partial charge >= 0.3 is 0 Å². The number of carbonyl (C=O) groups excluding carboxylic acids is 1. The Labute approximate surface area is 165 Å². The van der Waals surface area contributed by atoms with Crippen LogP contribution in [0.1, 0.15) is 16.8 Å². The minimum atomic E-state index is -0.215. The van der Waals surface area contributed by atoms with Gasteiger partial charge in [-0.1, -0.05) is 36.0 Å². The van der Waals surface area contributed by atoms with Gasteiger partial charge in [0.25, 0.3) is 0 Å². The summed E-state index contributed by atoms with van der Waals surface area (Å²) in [7, 11) is 1.57. The predicted molar refractivity (Wildman–Crippen MR) is 108 cm³/mol. The van der Waals surface area contributed by atoms with Crippen molar-refractivity contribution in [3.63, 3.8) is 0 Å². The number of thiazole rings is 1. The fraction of sp³-hybridized carbons (Fsp3) is 0.200. The Morgan fingerprint density at radius 2 is 2.11 bits per heavy atom. The lowest BCUT2D eigenvalue weighted by molar-refractivity contribution is -0.115. The Bertz CT molecular complexity index is 943. The van der Waals surface area contributed by atoms with Crippen LogP contribution in [-0.4, -0.2) is 18.0 Å². The number of ether oxygens (including phenoxy) is 1. The highest BCUT2D eigenvalue weighted by Crippen LogP contribution is 2.28. The second-order valence-corrected chi connectivity index (χ2v) is 7.99. The quantitative estimate of drug-likeness (QED) is 0.561. The average Bonchev–Trinajstić information content (AvgIpc) is 3.08. The number of nitrogens with one attached hydrogen (secondary N) is 1. The van der Waals surface area contributed by atoms with E-state index in [1.165, 1.54) is 29.2 Å². The Morgan fingerprint density at radius 3 is 2.89 bits per heavy atom. The molecular weight excluding hydrogens is 383 g/mol. The van der Waals surface area contributed by atoms with Crippen LogP contribution in [-0.2, 0) is 17.0 Å². The van der Waals surface area contributed by atoms with Crippen molar-refractivity contribution in [2.45, 2.75) is 23.4 Å². The van der Waals surface area contributed by atoms with Crippen LogP contribution in [0.4, 0.5) is 10.1 Å². The van der Waals surface area contributed by atoms with Gasteiger partial charge in [0.15, 0.2) is 0 Å². The normalized spacial score (nSPS) is 10.6. The van der Waals surface area contributed by atoms with Crippen molar-refractivity contribution in [2.75, 3.05) is 12.4 Å². The van der Waals surface area contributed by atoms with E-state index in [1.54, 1.807) is 19.2 Å². The largest absolute Gasteiger partial charge is 0.495 e. The van der Waals surface area contributed by atoms with Gasteiger partial charge in [-0.2, -0.15) is 0 Å². The maximum atomic E-state index is 13.7. The zero-order valence-electron chi connectivity index (χ0n) is 15.0. The van der Waals surface area contributed by atoms with E-state index in [1.807, 2.05) is 36.6 Å². The van der Waals surface area contributed by atoms with Crippen molar-refractivity contribution in [3.05, 3.63) is 70.5 Å². The van der Waals surface area contributed by atoms with Gasteiger partial charge in [0.2, 0.25) is 5.91 Å². The fourth-order valence-corrected chi connectivity index (χ4v) is 4.30. The zero-order valence-corrected chi connectivity index (χ0v) is 16.6. The molecule has 1 amide bonds. The first-order valence-corrected chi connectivity index (χ1v) is 10.2. The first-order chi connectivity index (χ1) is 13.0. The van der Waals surface area contributed by atoms with Crippen molar-refractivity contribution >= 4 is 34.7 Å². The van der Waals surface area contributed by atoms with Crippen molar-refractivity contribution in [1.82, 2.24) is 4.98 Å². The van der Waals surface area contributed by atoms with E-state index in [0.717, 1.165) is 9.90 Å². The lowest BCUT2D eigenvalue weighted by atomic mass is 10.2. The van der Waals surface area contributed by atoms with E-state index in [-0.39, 0.29) is 18.1 Å². The number of nitrogens with zero attached hydrogens (tertiary/aromatic N) is 1. The van der Waals surface area contributed by atoms with Crippen LogP contribution in [0.3, 0.4) is 0 Å². The summed E-state index contributed by atoms with van der Waals surface area (Å²) in [4.78, 5) is 16.8. The Kier molecular flexibility index (Phi) is 6.47. The predicted octanol–water partition coefficient (Wildman–Crippen LogP) is 5.07. The number of aromatic nitrogens is 1. The molecule has 140 valence electrons. The molecule has 1 heterocycles. The number of thioether (sulfide) groups is 1. The van der Waals surface area contributed by atoms with Crippen molar-refractivity contribution < 1.29 is 13.9 Å². The first-order valence-electron chi connectivity index (χ1n) is 8.30. The Hall–Kier alpha value is -2.38. The van der Waals surface area contributed by atoms with E-state index in [2.05, 4.69) is 10.3 Å². The minimum absolute atomic E-state index is 0.158. The summed E-state index contributed by atoms with van der Waals surface area (Å²) >= 11 is 2.92. The molecule has 0 saturated heterocycles. The number of benzene rings is 2. The topological polar surface area (TPSA) is 51.2 Å². The van der Waals surface area contributed by atoms with Gasteiger partial charge in [0.1, 0.15) is 15.9 Å². The summed E-state index contributed by atoms with van der Waals surface area (Å²) in [5.41, 5.74) is 3.02. The summed E-state index contributed by atoms with van der Waals surface area (Å²) in [6.07, 6.45) is 0.174. The smallest absolute Gasteiger partial charge is 0.230 e. The van der Waals surface area contributed by atoms with Gasteiger partial charge in [-0.3, -0.25) is 4.79 Å². The molecule has 3 rings (SSSR count). The van der Waals surface area contributed by atoms with E-state index < -0.39 is 0 Å². The standard InChI is InChI=1S/C20H19FN2O2S2/c1-13-7-8-18(25-2)17(9-13)23-19(24)10-15-12-27-20(22-15)26-11-14-5-3-4-6-16(14)21/h3-9,12H,10-11H2,1-2H3,(H,23,24). The SMILES string of the molecule is COc1ccc(C)cc1NC(=O)Cc1csc(SCc2ccccc2F)n1. The molecule has 3 aromatic rings. The highest BCUT2D eigenvalue weighted by atomic mass is 32.2. The lowest BCUT2D eigenvalue weighted by Crippen LogP contribution is -2.15. The van der Waals surface area contributed by atoms with Gasteiger partial charge in [-0.05, 0) is 36.2 Å². The fourth-order valence-electron chi connectivity index (χ4n) is 2.47. The van der Waals surface area contributed by atoms with Crippen LogP contribution in [0.2, 0.25) is 0 Å². The monoisotopic (exact) mass is 402 g/mol. The summed E-state index contributed by atoms with van der Waals surface area (Å²) in [5, 5.41) is 4.73. The van der Waals surface area contributed by atoms with E-state index in [9.17, 15) is 9.18 Å². The molecule has 1 aromatic heterocycles. The zero-order chi connectivity index (χ0) is 19.2. The second kappa shape index (κ2) is 9.01. The van der Waals surface area contributed by atoms with Crippen LogP contribution < -0.4 is 10.1 Å². The van der Waals surface area contributed by atoms with E-state index in [0.29, 0.717) is 28.4 Å². The van der Waals surface area contributed by atoms with Crippen molar-refractivity contribution in [2.24, 2.45) is 0 Å². The third-order valence-corrected chi connectivity index (χ3v) is 5.93. The van der Waals surface area contributed by atoms with Gasteiger partial charge in [0, 0.05) is 11.1 Å². The number of halogens is 1. The molecule has 4 nitrogen and oxygen atoms in total. The molecular formula is C20H19FN2O2S2. The number of methoxy groups -OCH3 is 1. The highest BCUT2D eigenvalue weighted by molar-refractivity contribution is 8.00. The van der Waals surface area contributed by atoms with Gasteiger partial charge in [-0.15, -0.1) is 11.3 Å². The molecule has 0 spiro atoms. The number of carbonyl (C=O) groups is 1. The number of hydrogen-bond acceptors (Lipinski definition) is 5. The van der Waals surface area contributed by atoms with Crippen LogP contribution in [0.5, 0.6) is 5.75 Å². The first kappa shape index (κ1) is 19.4. The summed E-state index contributed by atoms with van der Waals surface area (Å²) in [6, 6.07) is 12.3. The van der Waals surface area contributed by atoms with Crippen LogP contribution in [0, 0.1) is 12.7 Å². The van der Waals surface area contributed by atoms with E-state index >= 15 is 0 Å². The molecule has 2 aromatic carbocycles. The number of rotatable bonds is 7. The molecule has 0 unspecified atom stereocenters. The average molecular weight is 403 g/mol. The Morgan fingerprint density at radius 1 is 1.30 bits per heavy atom. The number of hydrogen-bond donors (Lipinski definition) is 1. The van der Waals surface area contributed by atoms with E-state index in [4.69, 9.17) is 4.74 Å². The molecule has 0 bridgehead atoms. The molecule has 0 aliphatic carbocycles. The van der Waals surface area contributed by atoms with Crippen LogP contribution >= 0.6 is 23.1 Å². The number of anilines is 1. The van der Waals surface area contributed by atoms with Crippen LogP contribution in [0.25, 0.3) is 0 Å². The summed E-state index contributed by atoms with van der Waals surface area (Å²) in [6.45, 7) is 1.95. The third kappa shape index (κ3) is 5.30. The number of aryl methyl sites for hydroxylation is 1. The van der Waals surface area contributed by atoms with Crippen molar-refractivity contribution in [1.29, 1.82) is 0 Å². The summed E-state index contributed by atoms with van der Waals surface area (Å²) in [5.74, 6) is 0.753. The maximum absolute atomic E-state index is 13.7. The van der Waals surface area contributed by atoms with Gasteiger partial charge in [-0.25, -0.2) is 9.37 Å². The molecule has 0 atom stereocenters. The molecule has 0 radical (unpaired) electrons. The van der Waals surface area contributed by atoms with Crippen molar-refractivity contribution in [3.8, 4) is 5.75 Å². The maximum Gasteiger partial charge on any atom is 0.230 e. The minimum Gasteiger partial charge on any atom is -0.495 e. The highest BCUT2D eigenvalue weighted by Gasteiger charge is 2.12.